The van der Waals surface area contributed by atoms with Gasteiger partial charge in [0.2, 0.25) is 0 Å². The summed E-state index contributed by atoms with van der Waals surface area (Å²) in [6.07, 6.45) is 4.56. The van der Waals surface area contributed by atoms with Crippen LogP contribution in [0.1, 0.15) is 37.8 Å². The smallest absolute Gasteiger partial charge is 0.0568 e. The average Bonchev–Trinajstić information content (AvgIpc) is 3.56. The molecule has 1 aromatic heterocycles. The topological polar surface area (TPSA) is 29.0 Å². The number of anilines is 4. The number of aryl methyl sites for hydroxylation is 2. The molecule has 9 rings (SSSR count). The molecule has 0 amide bonds. The fraction of sp³-hybridized carbons (Fsp3) is 0.115. The van der Waals surface area contributed by atoms with Gasteiger partial charge in [-0.25, -0.2) is 0 Å². The summed E-state index contributed by atoms with van der Waals surface area (Å²) in [5, 5.41) is 12.4. The van der Waals surface area contributed by atoms with Crippen molar-refractivity contribution >= 4 is 55.3 Å². The quantitative estimate of drug-likeness (QED) is 0.140. The van der Waals surface area contributed by atoms with Crippen molar-refractivity contribution in [2.45, 2.75) is 39.5 Å². The van der Waals surface area contributed by atoms with E-state index in [1.165, 1.54) is 54.9 Å². The van der Waals surface area contributed by atoms with Gasteiger partial charge in [-0.15, -0.1) is 0 Å². The minimum atomic E-state index is 1.05. The zero-order chi connectivity index (χ0) is 37.1. The van der Waals surface area contributed by atoms with Crippen LogP contribution in [0, 0.1) is 0 Å². The summed E-state index contributed by atoms with van der Waals surface area (Å²) in [5.74, 6) is 0. The summed E-state index contributed by atoms with van der Waals surface area (Å²) in [5.41, 5.74) is 15.4. The van der Waals surface area contributed by atoms with E-state index in [9.17, 15) is 0 Å². The predicted octanol–water partition coefficient (Wildman–Crippen LogP) is 14.7. The van der Waals surface area contributed by atoms with Crippen LogP contribution in [0.4, 0.5) is 22.7 Å². The molecule has 3 heteroatoms. The fourth-order valence-electron chi connectivity index (χ4n) is 8.03. The Kier molecular flexibility index (Phi) is 9.35. The van der Waals surface area contributed by atoms with Crippen LogP contribution in [0.5, 0.6) is 0 Å². The highest BCUT2D eigenvalue weighted by Crippen LogP contribution is 2.42. The molecule has 0 aliphatic rings. The number of para-hydroxylation sites is 1. The lowest BCUT2D eigenvalue weighted by molar-refractivity contribution is 0.922. The van der Waals surface area contributed by atoms with Gasteiger partial charge in [0.05, 0.1) is 11.0 Å². The Hall–Kier alpha value is -6.58. The fourth-order valence-corrected chi connectivity index (χ4v) is 8.03. The largest absolute Gasteiger partial charge is 0.355 e. The lowest BCUT2D eigenvalue weighted by Gasteiger charge is -2.14. The van der Waals surface area contributed by atoms with Crippen LogP contribution in [-0.4, -0.2) is 4.57 Å². The van der Waals surface area contributed by atoms with Gasteiger partial charge in [0.1, 0.15) is 0 Å². The minimum Gasteiger partial charge on any atom is -0.355 e. The Bertz CT molecular complexity index is 2720. The van der Waals surface area contributed by atoms with E-state index in [0.29, 0.717) is 0 Å². The zero-order valence-electron chi connectivity index (χ0n) is 31.5. The predicted molar refractivity (Wildman–Crippen MR) is 237 cm³/mol. The second kappa shape index (κ2) is 15.0. The van der Waals surface area contributed by atoms with E-state index >= 15 is 0 Å². The van der Waals surface area contributed by atoms with Crippen LogP contribution in [0.25, 0.3) is 60.5 Å². The molecule has 55 heavy (non-hydrogen) atoms. The van der Waals surface area contributed by atoms with Crippen molar-refractivity contribution in [3.05, 3.63) is 187 Å². The number of fused-ring (bicyclic) bond motifs is 5. The third-order valence-corrected chi connectivity index (χ3v) is 10.8. The molecular weight excluding hydrogens is 667 g/mol. The number of hydrogen-bond acceptors (Lipinski definition) is 2. The highest BCUT2D eigenvalue weighted by molar-refractivity contribution is 6.24. The monoisotopic (exact) mass is 711 g/mol. The van der Waals surface area contributed by atoms with Crippen molar-refractivity contribution in [1.82, 2.24) is 4.57 Å². The summed E-state index contributed by atoms with van der Waals surface area (Å²) >= 11 is 0. The lowest BCUT2D eigenvalue weighted by atomic mass is 10.0. The number of hydrogen-bond donors (Lipinski definition) is 2. The normalized spacial score (nSPS) is 11.4. The van der Waals surface area contributed by atoms with Gasteiger partial charge in [0.15, 0.2) is 0 Å². The molecule has 0 saturated carbocycles. The zero-order valence-corrected chi connectivity index (χ0v) is 31.5. The molecule has 0 aliphatic heterocycles. The summed E-state index contributed by atoms with van der Waals surface area (Å²) in [6, 6.07) is 64.1. The van der Waals surface area contributed by atoms with Gasteiger partial charge in [-0.1, -0.05) is 148 Å². The SMILES string of the molecule is CCCc1ccc(-c2ccc(Nc3ccc4c5c6ccccc6c(Nc6ccc(-c7ccc(CCC)cc7)cc6)cc5n(-c5ccccc5)c4c3)cc2)cc1. The van der Waals surface area contributed by atoms with E-state index < -0.39 is 0 Å². The van der Waals surface area contributed by atoms with Crippen molar-refractivity contribution in [2.24, 2.45) is 0 Å². The summed E-state index contributed by atoms with van der Waals surface area (Å²) in [6.45, 7) is 4.45. The van der Waals surface area contributed by atoms with Gasteiger partial charge in [0.25, 0.3) is 0 Å². The van der Waals surface area contributed by atoms with Crippen LogP contribution in [0.15, 0.2) is 176 Å². The molecule has 0 radical (unpaired) electrons. The van der Waals surface area contributed by atoms with Crippen LogP contribution >= 0.6 is 0 Å². The van der Waals surface area contributed by atoms with Crippen molar-refractivity contribution in [1.29, 1.82) is 0 Å². The lowest BCUT2D eigenvalue weighted by Crippen LogP contribution is -1.96. The Morgan fingerprint density at radius 2 is 0.891 bits per heavy atom. The molecule has 0 atom stereocenters. The van der Waals surface area contributed by atoms with Crippen LogP contribution in [0.3, 0.4) is 0 Å². The first-order valence-corrected chi connectivity index (χ1v) is 19.6. The Balaban J connectivity index is 1.08. The number of rotatable bonds is 11. The highest BCUT2D eigenvalue weighted by Gasteiger charge is 2.18. The number of benzene rings is 8. The molecule has 0 unspecified atom stereocenters. The van der Waals surface area contributed by atoms with Crippen LogP contribution in [0.2, 0.25) is 0 Å². The first-order valence-electron chi connectivity index (χ1n) is 19.6. The molecule has 0 saturated heterocycles. The van der Waals surface area contributed by atoms with Gasteiger partial charge < -0.3 is 15.2 Å². The molecule has 268 valence electrons. The van der Waals surface area contributed by atoms with Gasteiger partial charge in [0, 0.05) is 44.6 Å². The molecule has 2 N–H and O–H groups in total. The summed E-state index contributed by atoms with van der Waals surface area (Å²) < 4.78 is 2.41. The first kappa shape index (κ1) is 34.2. The van der Waals surface area contributed by atoms with Gasteiger partial charge >= 0.3 is 0 Å². The minimum absolute atomic E-state index is 1.05. The molecule has 8 aromatic carbocycles. The first-order chi connectivity index (χ1) is 27.1. The molecule has 9 aromatic rings. The molecular formula is C52H45N3. The van der Waals surface area contributed by atoms with Crippen molar-refractivity contribution in [2.75, 3.05) is 10.6 Å². The Morgan fingerprint density at radius 3 is 1.45 bits per heavy atom. The second-order valence-corrected chi connectivity index (χ2v) is 14.6. The maximum Gasteiger partial charge on any atom is 0.0568 e. The van der Waals surface area contributed by atoms with Crippen LogP contribution < -0.4 is 10.6 Å². The van der Waals surface area contributed by atoms with Crippen molar-refractivity contribution < 1.29 is 0 Å². The number of nitrogens with one attached hydrogen (secondary N) is 2. The van der Waals surface area contributed by atoms with Gasteiger partial charge in [-0.3, -0.25) is 0 Å². The van der Waals surface area contributed by atoms with E-state index in [-0.39, 0.29) is 0 Å². The molecule has 0 aliphatic carbocycles. The van der Waals surface area contributed by atoms with Crippen molar-refractivity contribution in [3.8, 4) is 27.9 Å². The third kappa shape index (κ3) is 6.86. The molecule has 0 bridgehead atoms. The molecule has 3 nitrogen and oxygen atoms in total. The number of nitrogens with zero attached hydrogens (tertiary/aromatic N) is 1. The van der Waals surface area contributed by atoms with Gasteiger partial charge in [-0.05, 0) is 106 Å². The number of aromatic nitrogens is 1. The van der Waals surface area contributed by atoms with E-state index in [0.717, 1.165) is 65.2 Å². The van der Waals surface area contributed by atoms with Crippen molar-refractivity contribution in [3.63, 3.8) is 0 Å². The third-order valence-electron chi connectivity index (χ3n) is 10.8. The maximum absolute atomic E-state index is 3.81. The Labute approximate surface area is 323 Å². The van der Waals surface area contributed by atoms with Gasteiger partial charge in [-0.2, -0.15) is 0 Å². The maximum atomic E-state index is 3.81. The Morgan fingerprint density at radius 1 is 0.400 bits per heavy atom. The highest BCUT2D eigenvalue weighted by atomic mass is 15.0. The molecule has 1 heterocycles. The van der Waals surface area contributed by atoms with Crippen LogP contribution in [-0.2, 0) is 12.8 Å². The van der Waals surface area contributed by atoms with E-state index in [4.69, 9.17) is 0 Å². The van der Waals surface area contributed by atoms with E-state index in [1.54, 1.807) is 0 Å². The standard InChI is InChI=1S/C52H45N3/c1-3-10-36-16-20-38(21-17-36)40-24-28-42(29-25-40)53-44-32-33-48-50(34-44)55(45-12-6-5-7-13-45)51-35-49(46-14-8-9-15-47(46)52(48)51)54-43-30-26-41(27-31-43)39-22-18-37(11-4-2)19-23-39/h5-9,12-35,53-54H,3-4,10-11H2,1-2H3. The second-order valence-electron chi connectivity index (χ2n) is 14.6. The molecule has 0 fully saturated rings. The molecule has 0 spiro atoms. The van der Waals surface area contributed by atoms with E-state index in [2.05, 4.69) is 205 Å². The van der Waals surface area contributed by atoms with E-state index in [1.807, 2.05) is 0 Å². The average molecular weight is 712 g/mol. The summed E-state index contributed by atoms with van der Waals surface area (Å²) in [4.78, 5) is 0. The summed E-state index contributed by atoms with van der Waals surface area (Å²) in [7, 11) is 0.